The highest BCUT2D eigenvalue weighted by Crippen LogP contribution is 2.56. The minimum absolute atomic E-state index is 0. The van der Waals surface area contributed by atoms with Crippen LogP contribution in [0.2, 0.25) is 0 Å². The summed E-state index contributed by atoms with van der Waals surface area (Å²) in [6, 6.07) is 39.2. The molecule has 198 valence electrons. The molecule has 0 aliphatic heterocycles. The molecule has 0 bridgehead atoms. The molecule has 0 fully saturated rings. The summed E-state index contributed by atoms with van der Waals surface area (Å²) in [5, 5.41) is 4.40. The largest absolute Gasteiger partial charge is 1.00 e. The Kier molecular flexibility index (Phi) is 12.2. The van der Waals surface area contributed by atoms with Crippen LogP contribution in [0.4, 0.5) is 0 Å². The molecular weight excluding hydrogens is 555 g/mol. The molecule has 38 heavy (non-hydrogen) atoms. The van der Waals surface area contributed by atoms with Crippen LogP contribution in [0.25, 0.3) is 0 Å². The van der Waals surface area contributed by atoms with Crippen LogP contribution >= 0.6 is 7.26 Å². The van der Waals surface area contributed by atoms with Crippen LogP contribution in [0.5, 0.6) is 17.2 Å². The number of methoxy groups -OCH3 is 2. The van der Waals surface area contributed by atoms with E-state index in [4.69, 9.17) is 14.2 Å². The van der Waals surface area contributed by atoms with Crippen LogP contribution in [-0.2, 0) is 0 Å². The minimum atomic E-state index is -1.72. The van der Waals surface area contributed by atoms with E-state index in [9.17, 15) is 0 Å². The molecule has 0 spiro atoms. The lowest BCUT2D eigenvalue weighted by atomic mass is 10.2. The molecule has 2 radical (unpaired) electrons. The highest BCUT2D eigenvalue weighted by molar-refractivity contribution is 7.95. The van der Waals surface area contributed by atoms with Gasteiger partial charge in [-0.15, -0.1) is 0 Å². The summed E-state index contributed by atoms with van der Waals surface area (Å²) in [5.74, 6) is 2.23. The van der Waals surface area contributed by atoms with Crippen molar-refractivity contribution in [2.75, 3.05) is 27.0 Å². The maximum atomic E-state index is 5.95. The smallest absolute Gasteiger partial charge is 0.493 e. The van der Waals surface area contributed by atoms with Gasteiger partial charge in [-0.3, -0.25) is 0 Å². The highest BCUT2D eigenvalue weighted by Gasteiger charge is 2.44. The molecular formula is C33H38BrO3P+2. The number of halogens is 1. The first kappa shape index (κ1) is 29.7. The first-order valence-corrected chi connectivity index (χ1v) is 15.1. The molecule has 4 rings (SSSR count). The summed E-state index contributed by atoms with van der Waals surface area (Å²) in [6.07, 6.45) is 7.06. The lowest BCUT2D eigenvalue weighted by Gasteiger charge is -2.27. The van der Waals surface area contributed by atoms with Gasteiger partial charge in [0.15, 0.2) is 11.5 Å². The van der Waals surface area contributed by atoms with E-state index in [1.54, 1.807) is 14.2 Å². The van der Waals surface area contributed by atoms with E-state index in [0.717, 1.165) is 17.9 Å². The first-order valence-electron chi connectivity index (χ1n) is 13.2. The minimum Gasteiger partial charge on any atom is -0.493 e. The maximum Gasteiger partial charge on any atom is 1.00 e. The second-order valence-corrected chi connectivity index (χ2v) is 12.8. The van der Waals surface area contributed by atoms with Gasteiger partial charge in [-0.05, 0) is 67.8 Å². The second-order valence-electron chi connectivity index (χ2n) is 9.17. The van der Waals surface area contributed by atoms with Gasteiger partial charge in [-0.1, -0.05) is 67.4 Å². The molecule has 0 atom stereocenters. The van der Waals surface area contributed by atoms with Crippen LogP contribution < -0.4 is 30.1 Å². The Labute approximate surface area is 239 Å². The number of benzene rings is 4. The van der Waals surface area contributed by atoms with Gasteiger partial charge < -0.3 is 14.2 Å². The van der Waals surface area contributed by atoms with E-state index in [-0.39, 0.29) is 17.0 Å². The highest BCUT2D eigenvalue weighted by atomic mass is 79.9. The Morgan fingerprint density at radius 2 is 1.00 bits per heavy atom. The zero-order valence-electron chi connectivity index (χ0n) is 22.4. The molecule has 0 aliphatic rings. The van der Waals surface area contributed by atoms with Crippen molar-refractivity contribution in [3.8, 4) is 17.2 Å². The summed E-state index contributed by atoms with van der Waals surface area (Å²) in [7, 11) is 1.57. The van der Waals surface area contributed by atoms with Crippen molar-refractivity contribution >= 4 is 23.2 Å². The zero-order valence-corrected chi connectivity index (χ0v) is 24.9. The first-order chi connectivity index (χ1) is 18.3. The van der Waals surface area contributed by atoms with Crippen molar-refractivity contribution in [3.63, 3.8) is 0 Å². The Morgan fingerprint density at radius 1 is 0.526 bits per heavy atom. The van der Waals surface area contributed by atoms with Gasteiger partial charge in [0.2, 0.25) is 0 Å². The molecule has 0 saturated heterocycles. The fourth-order valence-electron chi connectivity index (χ4n) is 4.96. The van der Waals surface area contributed by atoms with E-state index < -0.39 is 7.26 Å². The second kappa shape index (κ2) is 15.6. The summed E-state index contributed by atoms with van der Waals surface area (Å²) < 4.78 is 16.6. The van der Waals surface area contributed by atoms with Crippen LogP contribution in [0, 0.1) is 17.0 Å². The fourth-order valence-corrected chi connectivity index (χ4v) is 9.37. The van der Waals surface area contributed by atoms with E-state index in [1.807, 2.05) is 18.2 Å². The van der Waals surface area contributed by atoms with E-state index in [1.165, 1.54) is 47.8 Å². The molecule has 0 unspecified atom stereocenters. The van der Waals surface area contributed by atoms with Crippen LogP contribution in [0.3, 0.4) is 0 Å². The summed E-state index contributed by atoms with van der Waals surface area (Å²) in [4.78, 5) is 0. The van der Waals surface area contributed by atoms with Gasteiger partial charge in [0.05, 0.1) is 27.0 Å². The van der Waals surface area contributed by atoms with Crippen molar-refractivity contribution in [3.05, 3.63) is 109 Å². The summed E-state index contributed by atoms with van der Waals surface area (Å²) >= 11 is 0. The van der Waals surface area contributed by atoms with Crippen molar-refractivity contribution < 1.29 is 31.2 Å². The van der Waals surface area contributed by atoms with Crippen LogP contribution in [0.15, 0.2) is 109 Å². The number of unbranched alkanes of at least 4 members (excludes halogenated alkanes) is 4. The van der Waals surface area contributed by atoms with Gasteiger partial charge in [0.1, 0.15) is 28.9 Å². The Morgan fingerprint density at radius 3 is 1.50 bits per heavy atom. The van der Waals surface area contributed by atoms with Gasteiger partial charge >= 0.3 is 17.0 Å². The molecule has 5 heteroatoms. The maximum absolute atomic E-state index is 5.95. The van der Waals surface area contributed by atoms with E-state index >= 15 is 0 Å². The normalized spacial score (nSPS) is 10.9. The predicted octanol–water partition coefficient (Wildman–Crippen LogP) is 7.03. The standard InChI is InChI=1S/C33H38O3P.Br/c1-34-32-24-23-28(27-33(32)35-2)36-25-15-4-3-5-16-26-37(29-17-9-6-10-18-29,30-19-11-7-12-20-30)31-21-13-8-14-22-31;/h6-14,17-24,27H,3-5,15-16,25-26H2,1-2H3;/q2*+1. The number of ether oxygens (including phenoxy) is 3. The van der Waals surface area contributed by atoms with Gasteiger partial charge in [0, 0.05) is 6.07 Å². The van der Waals surface area contributed by atoms with Crippen molar-refractivity contribution in [1.82, 2.24) is 0 Å². The monoisotopic (exact) mass is 592 g/mol. The average Bonchev–Trinajstić information content (AvgIpc) is 2.98. The third-order valence-corrected chi connectivity index (χ3v) is 11.4. The SMILES string of the molecule is COc1ccc(OCCCCCCC[P+](c2ccccc2)(c2ccccc2)c2ccccc2)cc1OC.[Br+]. The molecule has 0 heterocycles. The van der Waals surface area contributed by atoms with Gasteiger partial charge in [0.25, 0.3) is 0 Å². The third kappa shape index (κ3) is 7.40. The Hall–Kier alpha value is -2.81. The lowest BCUT2D eigenvalue weighted by molar-refractivity contribution is -0.00000838. The van der Waals surface area contributed by atoms with Crippen LogP contribution in [-0.4, -0.2) is 27.0 Å². The third-order valence-electron chi connectivity index (χ3n) is 6.85. The predicted molar refractivity (Wildman–Crippen MR) is 158 cm³/mol. The zero-order chi connectivity index (χ0) is 25.8. The molecule has 3 nitrogen and oxygen atoms in total. The Balaban J connectivity index is 0.00000400. The molecule has 0 saturated carbocycles. The number of hydrogen-bond donors (Lipinski definition) is 0. The molecule has 0 aliphatic carbocycles. The van der Waals surface area contributed by atoms with Crippen molar-refractivity contribution in [1.29, 1.82) is 0 Å². The van der Waals surface area contributed by atoms with Gasteiger partial charge in [-0.2, -0.15) is 0 Å². The molecule has 0 N–H and O–H groups in total. The summed E-state index contributed by atoms with van der Waals surface area (Å²) in [5.41, 5.74) is 0. The molecule has 0 amide bonds. The molecule has 4 aromatic rings. The summed E-state index contributed by atoms with van der Waals surface area (Å²) in [6.45, 7) is 0.713. The van der Waals surface area contributed by atoms with Crippen LogP contribution in [0.1, 0.15) is 32.1 Å². The average molecular weight is 594 g/mol. The molecule has 0 aromatic heterocycles. The Bertz CT molecular complexity index is 1110. The van der Waals surface area contributed by atoms with Crippen molar-refractivity contribution in [2.45, 2.75) is 32.1 Å². The van der Waals surface area contributed by atoms with E-state index in [0.29, 0.717) is 12.4 Å². The van der Waals surface area contributed by atoms with E-state index in [2.05, 4.69) is 91.0 Å². The quantitative estimate of drug-likeness (QED) is 0.116. The fraction of sp³-hybridized carbons (Fsp3) is 0.273. The lowest BCUT2D eigenvalue weighted by Crippen LogP contribution is -2.33. The number of rotatable bonds is 14. The van der Waals surface area contributed by atoms with Gasteiger partial charge in [-0.25, -0.2) is 0 Å². The molecule has 4 aromatic carbocycles. The number of hydrogen-bond acceptors (Lipinski definition) is 3. The van der Waals surface area contributed by atoms with Crippen molar-refractivity contribution in [2.24, 2.45) is 0 Å². The topological polar surface area (TPSA) is 27.7 Å².